The van der Waals surface area contributed by atoms with Crippen LogP contribution >= 0.6 is 0 Å². The third-order valence-electron chi connectivity index (χ3n) is 5.65. The van der Waals surface area contributed by atoms with Gasteiger partial charge in [-0.15, -0.1) is 0 Å². The predicted molar refractivity (Wildman–Crippen MR) is 128 cm³/mol. The van der Waals surface area contributed by atoms with Crippen molar-refractivity contribution in [1.82, 2.24) is 4.40 Å². The maximum Gasteiger partial charge on any atom is 0.155 e. The van der Waals surface area contributed by atoms with Gasteiger partial charge in [0.25, 0.3) is 0 Å². The Morgan fingerprint density at radius 3 is 2.09 bits per heavy atom. The molecular formula is C29H22N2O. The van der Waals surface area contributed by atoms with Gasteiger partial charge in [-0.3, -0.25) is 0 Å². The van der Waals surface area contributed by atoms with Gasteiger partial charge in [-0.1, -0.05) is 90.5 Å². The molecule has 0 atom stereocenters. The molecule has 3 nitrogen and oxygen atoms in total. The van der Waals surface area contributed by atoms with Crippen LogP contribution in [0.2, 0.25) is 0 Å². The molecule has 2 heterocycles. The summed E-state index contributed by atoms with van der Waals surface area (Å²) in [5, 5.41) is 9.90. The SMILES string of the molecule is Cc1ccc(COc2c(-c3ccccc3)c(-c3ccccc3)n3cccc(C#N)c23)cc1. The molecule has 3 heteroatoms. The topological polar surface area (TPSA) is 37.4 Å². The Morgan fingerprint density at radius 2 is 1.44 bits per heavy atom. The molecule has 0 fully saturated rings. The molecule has 3 aromatic carbocycles. The van der Waals surface area contributed by atoms with Gasteiger partial charge in [0.15, 0.2) is 5.75 Å². The molecule has 5 aromatic rings. The number of rotatable bonds is 5. The van der Waals surface area contributed by atoms with E-state index in [0.29, 0.717) is 12.2 Å². The Hall–Kier alpha value is -4.29. The molecule has 2 aromatic heterocycles. The fraction of sp³-hybridized carbons (Fsp3) is 0.0690. The molecule has 5 rings (SSSR count). The van der Waals surface area contributed by atoms with Crippen LogP contribution < -0.4 is 4.74 Å². The second-order valence-electron chi connectivity index (χ2n) is 7.81. The van der Waals surface area contributed by atoms with Gasteiger partial charge in [-0.2, -0.15) is 5.26 Å². The molecule has 0 bridgehead atoms. The summed E-state index contributed by atoms with van der Waals surface area (Å²) in [6.45, 7) is 2.50. The number of hydrogen-bond donors (Lipinski definition) is 0. The van der Waals surface area contributed by atoms with Crippen LogP contribution in [0.4, 0.5) is 0 Å². The Bertz CT molecular complexity index is 1410. The van der Waals surface area contributed by atoms with E-state index in [4.69, 9.17) is 4.74 Å². The minimum absolute atomic E-state index is 0.424. The minimum Gasteiger partial charge on any atom is -0.486 e. The molecule has 0 aliphatic carbocycles. The van der Waals surface area contributed by atoms with Gasteiger partial charge < -0.3 is 9.14 Å². The van der Waals surface area contributed by atoms with Crippen molar-refractivity contribution >= 4 is 5.52 Å². The molecule has 0 saturated carbocycles. The number of hydrogen-bond acceptors (Lipinski definition) is 2. The Labute approximate surface area is 187 Å². The van der Waals surface area contributed by atoms with Crippen LogP contribution in [-0.2, 0) is 6.61 Å². The Balaban J connectivity index is 1.79. The highest BCUT2D eigenvalue weighted by Crippen LogP contribution is 2.45. The van der Waals surface area contributed by atoms with Gasteiger partial charge in [0, 0.05) is 6.20 Å². The van der Waals surface area contributed by atoms with Crippen molar-refractivity contribution in [2.24, 2.45) is 0 Å². The zero-order valence-electron chi connectivity index (χ0n) is 17.8. The molecule has 0 saturated heterocycles. The molecule has 0 unspecified atom stereocenters. The normalized spacial score (nSPS) is 10.8. The maximum atomic E-state index is 9.90. The van der Waals surface area contributed by atoms with Crippen molar-refractivity contribution in [2.75, 3.05) is 0 Å². The first-order chi connectivity index (χ1) is 15.8. The van der Waals surface area contributed by atoms with Gasteiger partial charge in [0.1, 0.15) is 18.2 Å². The van der Waals surface area contributed by atoms with E-state index in [0.717, 1.165) is 39.2 Å². The van der Waals surface area contributed by atoms with E-state index in [1.165, 1.54) is 5.56 Å². The lowest BCUT2D eigenvalue weighted by molar-refractivity contribution is 0.311. The van der Waals surface area contributed by atoms with E-state index in [1.54, 1.807) is 0 Å². The molecule has 0 aliphatic rings. The van der Waals surface area contributed by atoms with Crippen LogP contribution in [0.5, 0.6) is 5.75 Å². The molecule has 0 amide bonds. The Morgan fingerprint density at radius 1 is 0.781 bits per heavy atom. The first kappa shape index (κ1) is 19.7. The Kier molecular flexibility index (Phi) is 5.19. The monoisotopic (exact) mass is 414 g/mol. The largest absolute Gasteiger partial charge is 0.486 e. The predicted octanol–water partition coefficient (Wildman–Crippen LogP) is 7.03. The summed E-state index contributed by atoms with van der Waals surface area (Å²) in [6, 6.07) is 35.0. The van der Waals surface area contributed by atoms with E-state index in [2.05, 4.69) is 65.9 Å². The van der Waals surface area contributed by atoms with Crippen LogP contribution in [0.3, 0.4) is 0 Å². The quantitative estimate of drug-likeness (QED) is 0.309. The number of pyridine rings is 1. The molecule has 32 heavy (non-hydrogen) atoms. The second-order valence-corrected chi connectivity index (χ2v) is 7.81. The fourth-order valence-electron chi connectivity index (χ4n) is 4.10. The first-order valence-corrected chi connectivity index (χ1v) is 10.6. The van der Waals surface area contributed by atoms with Crippen molar-refractivity contribution in [3.05, 3.63) is 120 Å². The van der Waals surface area contributed by atoms with Gasteiger partial charge in [0.05, 0.1) is 16.8 Å². The zero-order valence-corrected chi connectivity index (χ0v) is 17.8. The summed E-state index contributed by atoms with van der Waals surface area (Å²) in [4.78, 5) is 0. The van der Waals surface area contributed by atoms with Crippen LogP contribution in [0, 0.1) is 18.3 Å². The minimum atomic E-state index is 0.424. The average Bonchev–Trinajstić information content (AvgIpc) is 3.19. The van der Waals surface area contributed by atoms with Gasteiger partial charge in [-0.05, 0) is 35.7 Å². The summed E-state index contributed by atoms with van der Waals surface area (Å²) in [7, 11) is 0. The summed E-state index contributed by atoms with van der Waals surface area (Å²) >= 11 is 0. The number of fused-ring (bicyclic) bond motifs is 1. The highest BCUT2D eigenvalue weighted by atomic mass is 16.5. The van der Waals surface area contributed by atoms with Gasteiger partial charge >= 0.3 is 0 Å². The number of nitriles is 1. The van der Waals surface area contributed by atoms with Crippen LogP contribution in [-0.4, -0.2) is 4.40 Å². The summed E-state index contributed by atoms with van der Waals surface area (Å²) in [6.07, 6.45) is 2.00. The summed E-state index contributed by atoms with van der Waals surface area (Å²) in [5.74, 6) is 0.729. The van der Waals surface area contributed by atoms with Crippen LogP contribution in [0.15, 0.2) is 103 Å². The highest BCUT2D eigenvalue weighted by molar-refractivity contribution is 5.95. The molecule has 0 spiro atoms. The lowest BCUT2D eigenvalue weighted by Crippen LogP contribution is -1.97. The third kappa shape index (κ3) is 3.53. The second kappa shape index (κ2) is 8.45. The average molecular weight is 415 g/mol. The van der Waals surface area contributed by atoms with E-state index >= 15 is 0 Å². The van der Waals surface area contributed by atoms with Crippen molar-refractivity contribution in [3.63, 3.8) is 0 Å². The van der Waals surface area contributed by atoms with Crippen molar-refractivity contribution in [3.8, 4) is 34.2 Å². The third-order valence-corrected chi connectivity index (χ3v) is 5.65. The van der Waals surface area contributed by atoms with Crippen LogP contribution in [0.1, 0.15) is 16.7 Å². The lowest BCUT2D eigenvalue weighted by Gasteiger charge is -2.11. The highest BCUT2D eigenvalue weighted by Gasteiger charge is 2.24. The molecular weight excluding hydrogens is 392 g/mol. The number of nitrogens with zero attached hydrogens (tertiary/aromatic N) is 2. The smallest absolute Gasteiger partial charge is 0.155 e. The van der Waals surface area contributed by atoms with Gasteiger partial charge in [-0.25, -0.2) is 0 Å². The molecule has 0 radical (unpaired) electrons. The lowest BCUT2D eigenvalue weighted by atomic mass is 10.0. The number of benzene rings is 3. The van der Waals surface area contributed by atoms with Gasteiger partial charge in [0.2, 0.25) is 0 Å². The number of aromatic nitrogens is 1. The van der Waals surface area contributed by atoms with Crippen LogP contribution in [0.25, 0.3) is 27.9 Å². The van der Waals surface area contributed by atoms with Crippen molar-refractivity contribution < 1.29 is 4.74 Å². The zero-order chi connectivity index (χ0) is 21.9. The van der Waals surface area contributed by atoms with E-state index in [9.17, 15) is 5.26 Å². The van der Waals surface area contributed by atoms with E-state index < -0.39 is 0 Å². The van der Waals surface area contributed by atoms with E-state index in [1.807, 2.05) is 54.7 Å². The van der Waals surface area contributed by atoms with E-state index in [-0.39, 0.29) is 0 Å². The van der Waals surface area contributed by atoms with Crippen molar-refractivity contribution in [1.29, 1.82) is 5.26 Å². The van der Waals surface area contributed by atoms with Crippen molar-refractivity contribution in [2.45, 2.75) is 13.5 Å². The number of ether oxygens (including phenoxy) is 1. The summed E-state index contributed by atoms with van der Waals surface area (Å²) < 4.78 is 8.59. The molecule has 0 aliphatic heterocycles. The summed E-state index contributed by atoms with van der Waals surface area (Å²) in [5.41, 5.74) is 7.82. The first-order valence-electron chi connectivity index (χ1n) is 10.6. The maximum absolute atomic E-state index is 9.90. The number of aryl methyl sites for hydroxylation is 1. The molecule has 154 valence electrons. The standard InChI is InChI=1S/C29H22N2O/c1-21-14-16-22(17-15-21)20-32-29-26(23-9-4-2-5-10-23)27(24-11-6-3-7-12-24)31-18-8-13-25(19-30)28(29)31/h2-18H,20H2,1H3. The fourth-order valence-corrected chi connectivity index (χ4v) is 4.10. The molecule has 0 N–H and O–H groups in total.